The van der Waals surface area contributed by atoms with Gasteiger partial charge in [0.05, 0.1) is 30.2 Å². The summed E-state index contributed by atoms with van der Waals surface area (Å²) in [5.74, 6) is 0.360. The summed E-state index contributed by atoms with van der Waals surface area (Å²) in [5.41, 5.74) is 2.20. The SMILES string of the molecule is CCC(Cn1ccnc1)NC(=O)c1cc(Cn2cnc3ccccc32)on1. The van der Waals surface area contributed by atoms with Crippen LogP contribution in [0.15, 0.2) is 59.9 Å². The van der Waals surface area contributed by atoms with Crippen LogP contribution in [-0.2, 0) is 13.1 Å². The van der Waals surface area contributed by atoms with E-state index >= 15 is 0 Å². The molecule has 3 aromatic heterocycles. The Balaban J connectivity index is 1.43. The predicted molar refractivity (Wildman–Crippen MR) is 99.1 cm³/mol. The Morgan fingerprint density at radius 3 is 3.00 bits per heavy atom. The second-order valence-corrected chi connectivity index (χ2v) is 6.38. The fourth-order valence-corrected chi connectivity index (χ4v) is 2.98. The lowest BCUT2D eigenvalue weighted by atomic mass is 10.2. The Morgan fingerprint density at radius 1 is 1.30 bits per heavy atom. The van der Waals surface area contributed by atoms with E-state index in [1.54, 1.807) is 24.9 Å². The van der Waals surface area contributed by atoms with Gasteiger partial charge in [-0.15, -0.1) is 0 Å². The zero-order valence-corrected chi connectivity index (χ0v) is 14.9. The summed E-state index contributed by atoms with van der Waals surface area (Å²) in [7, 11) is 0. The summed E-state index contributed by atoms with van der Waals surface area (Å²) < 4.78 is 9.26. The molecule has 1 aromatic carbocycles. The van der Waals surface area contributed by atoms with Crippen LogP contribution >= 0.6 is 0 Å². The number of benzene rings is 1. The molecule has 8 heteroatoms. The Labute approximate surface area is 155 Å². The third kappa shape index (κ3) is 3.74. The molecule has 0 aliphatic heterocycles. The number of para-hydroxylation sites is 2. The molecule has 27 heavy (non-hydrogen) atoms. The Bertz CT molecular complexity index is 1030. The number of carbonyl (C=O) groups is 1. The predicted octanol–water partition coefficient (Wildman–Crippen LogP) is 2.48. The van der Waals surface area contributed by atoms with Crippen molar-refractivity contribution >= 4 is 16.9 Å². The van der Waals surface area contributed by atoms with Crippen molar-refractivity contribution in [3.63, 3.8) is 0 Å². The van der Waals surface area contributed by atoms with E-state index in [9.17, 15) is 4.79 Å². The zero-order valence-electron chi connectivity index (χ0n) is 14.9. The van der Waals surface area contributed by atoms with Crippen molar-refractivity contribution in [3.8, 4) is 0 Å². The van der Waals surface area contributed by atoms with Crippen molar-refractivity contribution in [2.75, 3.05) is 0 Å². The number of nitrogens with one attached hydrogen (secondary N) is 1. The minimum absolute atomic E-state index is 0.00978. The summed E-state index contributed by atoms with van der Waals surface area (Å²) in [6, 6.07) is 9.53. The van der Waals surface area contributed by atoms with Gasteiger partial charge in [0.15, 0.2) is 11.5 Å². The molecule has 4 rings (SSSR count). The minimum atomic E-state index is -0.243. The molecule has 138 valence electrons. The van der Waals surface area contributed by atoms with Gasteiger partial charge in [-0.25, -0.2) is 9.97 Å². The molecular weight excluding hydrogens is 344 g/mol. The minimum Gasteiger partial charge on any atom is -0.359 e. The maximum atomic E-state index is 12.5. The van der Waals surface area contributed by atoms with Crippen molar-refractivity contribution in [1.82, 2.24) is 29.6 Å². The van der Waals surface area contributed by atoms with Crippen LogP contribution in [0, 0.1) is 0 Å². The van der Waals surface area contributed by atoms with Crippen LogP contribution in [0.4, 0.5) is 0 Å². The standard InChI is InChI=1S/C19H20N6O2/c1-2-14(10-24-8-7-20-12-24)22-19(26)17-9-15(27-23-17)11-25-13-21-16-5-3-4-6-18(16)25/h3-9,12-14H,2,10-11H2,1H3,(H,22,26). The molecule has 3 heterocycles. The van der Waals surface area contributed by atoms with Crippen LogP contribution < -0.4 is 5.32 Å². The van der Waals surface area contributed by atoms with Crippen molar-refractivity contribution in [2.45, 2.75) is 32.5 Å². The smallest absolute Gasteiger partial charge is 0.273 e. The number of nitrogens with zero attached hydrogens (tertiary/aromatic N) is 5. The first-order valence-electron chi connectivity index (χ1n) is 8.85. The number of amides is 1. The third-order valence-electron chi connectivity index (χ3n) is 4.46. The van der Waals surface area contributed by atoms with Gasteiger partial charge < -0.3 is 19.0 Å². The van der Waals surface area contributed by atoms with Crippen LogP contribution in [0.3, 0.4) is 0 Å². The molecule has 0 bridgehead atoms. The van der Waals surface area contributed by atoms with E-state index in [0.717, 1.165) is 17.5 Å². The molecule has 1 atom stereocenters. The molecule has 0 saturated heterocycles. The molecule has 8 nitrogen and oxygen atoms in total. The second kappa shape index (κ2) is 7.45. The number of fused-ring (bicyclic) bond motifs is 1. The van der Waals surface area contributed by atoms with Gasteiger partial charge in [0.2, 0.25) is 0 Å². The number of carbonyl (C=O) groups excluding carboxylic acids is 1. The van der Waals surface area contributed by atoms with E-state index in [1.165, 1.54) is 0 Å². The monoisotopic (exact) mass is 364 g/mol. The molecular formula is C19H20N6O2. The molecule has 0 aliphatic rings. The van der Waals surface area contributed by atoms with Gasteiger partial charge >= 0.3 is 0 Å². The topological polar surface area (TPSA) is 90.8 Å². The number of imidazole rings is 2. The van der Waals surface area contributed by atoms with Gasteiger partial charge in [0.25, 0.3) is 5.91 Å². The Morgan fingerprint density at radius 2 is 2.19 bits per heavy atom. The molecule has 0 spiro atoms. The van der Waals surface area contributed by atoms with E-state index in [4.69, 9.17) is 4.52 Å². The number of hydrogen-bond donors (Lipinski definition) is 1. The second-order valence-electron chi connectivity index (χ2n) is 6.38. The van der Waals surface area contributed by atoms with E-state index in [1.807, 2.05) is 46.5 Å². The highest BCUT2D eigenvalue weighted by atomic mass is 16.5. The molecule has 1 N–H and O–H groups in total. The molecule has 0 fully saturated rings. The highest BCUT2D eigenvalue weighted by Gasteiger charge is 2.17. The lowest BCUT2D eigenvalue weighted by Crippen LogP contribution is -2.37. The lowest BCUT2D eigenvalue weighted by Gasteiger charge is -2.16. The maximum Gasteiger partial charge on any atom is 0.273 e. The van der Waals surface area contributed by atoms with Gasteiger partial charge in [-0.2, -0.15) is 0 Å². The molecule has 0 radical (unpaired) electrons. The number of hydrogen-bond acceptors (Lipinski definition) is 5. The van der Waals surface area contributed by atoms with Crippen molar-refractivity contribution in [2.24, 2.45) is 0 Å². The fraction of sp³-hybridized carbons (Fsp3) is 0.263. The summed E-state index contributed by atoms with van der Waals surface area (Å²) in [6.45, 7) is 3.15. The molecule has 1 unspecified atom stereocenters. The zero-order chi connectivity index (χ0) is 18.6. The lowest BCUT2D eigenvalue weighted by molar-refractivity contribution is 0.0922. The summed E-state index contributed by atoms with van der Waals surface area (Å²) in [4.78, 5) is 20.9. The molecule has 0 aliphatic carbocycles. The summed E-state index contributed by atoms with van der Waals surface area (Å²) in [6.07, 6.45) is 7.88. The average molecular weight is 364 g/mol. The first-order chi connectivity index (χ1) is 13.2. The highest BCUT2D eigenvalue weighted by molar-refractivity contribution is 5.92. The third-order valence-corrected chi connectivity index (χ3v) is 4.46. The summed E-state index contributed by atoms with van der Waals surface area (Å²) >= 11 is 0. The van der Waals surface area contributed by atoms with E-state index in [-0.39, 0.29) is 17.6 Å². The molecule has 1 amide bonds. The van der Waals surface area contributed by atoms with Crippen LogP contribution in [0.1, 0.15) is 29.6 Å². The average Bonchev–Trinajstić information content (AvgIpc) is 3.43. The van der Waals surface area contributed by atoms with Gasteiger partial charge in [-0.05, 0) is 18.6 Å². The van der Waals surface area contributed by atoms with Gasteiger partial charge in [-0.3, -0.25) is 4.79 Å². The van der Waals surface area contributed by atoms with Crippen LogP contribution in [0.2, 0.25) is 0 Å². The maximum absolute atomic E-state index is 12.5. The van der Waals surface area contributed by atoms with Gasteiger partial charge in [0, 0.05) is 31.0 Å². The summed E-state index contributed by atoms with van der Waals surface area (Å²) in [5, 5.41) is 6.92. The number of aromatic nitrogens is 5. The quantitative estimate of drug-likeness (QED) is 0.544. The highest BCUT2D eigenvalue weighted by Crippen LogP contribution is 2.14. The van der Waals surface area contributed by atoms with E-state index in [0.29, 0.717) is 18.8 Å². The van der Waals surface area contributed by atoms with Crippen LogP contribution in [0.5, 0.6) is 0 Å². The fourth-order valence-electron chi connectivity index (χ4n) is 2.98. The largest absolute Gasteiger partial charge is 0.359 e. The van der Waals surface area contributed by atoms with Gasteiger partial charge in [-0.1, -0.05) is 24.2 Å². The van der Waals surface area contributed by atoms with Crippen molar-refractivity contribution < 1.29 is 9.32 Å². The van der Waals surface area contributed by atoms with Crippen LogP contribution in [-0.4, -0.2) is 36.2 Å². The molecule has 0 saturated carbocycles. The van der Waals surface area contributed by atoms with Crippen molar-refractivity contribution in [1.29, 1.82) is 0 Å². The Hall–Kier alpha value is -3.42. The van der Waals surface area contributed by atoms with Gasteiger partial charge in [0.1, 0.15) is 0 Å². The van der Waals surface area contributed by atoms with Crippen LogP contribution in [0.25, 0.3) is 11.0 Å². The Kier molecular flexibility index (Phi) is 4.69. The van der Waals surface area contributed by atoms with E-state index < -0.39 is 0 Å². The molecule has 4 aromatic rings. The van der Waals surface area contributed by atoms with E-state index in [2.05, 4.69) is 20.4 Å². The number of rotatable bonds is 7. The normalized spacial score (nSPS) is 12.3. The first kappa shape index (κ1) is 17.0. The van der Waals surface area contributed by atoms with Crippen molar-refractivity contribution in [3.05, 3.63) is 66.8 Å². The first-order valence-corrected chi connectivity index (χ1v) is 8.85.